The summed E-state index contributed by atoms with van der Waals surface area (Å²) in [4.78, 5) is 30.5. The Labute approximate surface area is 220 Å². The highest BCUT2D eigenvalue weighted by Crippen LogP contribution is 2.49. The predicted octanol–water partition coefficient (Wildman–Crippen LogP) is 5.61. The van der Waals surface area contributed by atoms with E-state index in [1.165, 1.54) is 32.1 Å². The van der Waals surface area contributed by atoms with Gasteiger partial charge in [0.25, 0.3) is 0 Å². The standard InChI is InChI=1S/C29H41ClN2O4/c1-28(2)19-36-27(35)32(28)18-29(21-6-4-3-5-7-21)12-14-31(15-13-29)26(34)25-17-23(33)16-24(25)20-8-10-22(30)11-9-20/h8-11,21,23-25,33H,3-7,12-19H2,1-2H3/t23-,24+,25+/m0/s1. The monoisotopic (exact) mass is 516 g/mol. The smallest absolute Gasteiger partial charge is 0.410 e. The van der Waals surface area contributed by atoms with Gasteiger partial charge < -0.3 is 14.7 Å². The van der Waals surface area contributed by atoms with Crippen LogP contribution in [0.3, 0.4) is 0 Å². The van der Waals surface area contributed by atoms with E-state index >= 15 is 0 Å². The van der Waals surface area contributed by atoms with Crippen LogP contribution in [-0.2, 0) is 9.53 Å². The summed E-state index contributed by atoms with van der Waals surface area (Å²) < 4.78 is 5.44. The van der Waals surface area contributed by atoms with Crippen molar-refractivity contribution in [1.82, 2.24) is 9.80 Å². The van der Waals surface area contributed by atoms with Crippen LogP contribution in [0.25, 0.3) is 0 Å². The van der Waals surface area contributed by atoms with Gasteiger partial charge in [-0.25, -0.2) is 4.79 Å². The van der Waals surface area contributed by atoms with Crippen LogP contribution in [0.5, 0.6) is 0 Å². The number of carbonyl (C=O) groups excluding carboxylic acids is 2. The van der Waals surface area contributed by atoms with Gasteiger partial charge in [0.2, 0.25) is 5.91 Å². The van der Waals surface area contributed by atoms with Gasteiger partial charge in [-0.3, -0.25) is 9.69 Å². The molecule has 36 heavy (non-hydrogen) atoms. The molecule has 0 spiro atoms. The molecule has 0 aromatic heterocycles. The number of amides is 2. The first kappa shape index (κ1) is 25.8. The predicted molar refractivity (Wildman–Crippen MR) is 140 cm³/mol. The molecule has 0 bridgehead atoms. The third-order valence-electron chi connectivity index (χ3n) is 9.67. The van der Waals surface area contributed by atoms with Gasteiger partial charge in [0, 0.05) is 30.6 Å². The van der Waals surface area contributed by atoms with Crippen LogP contribution in [0.2, 0.25) is 5.02 Å². The third kappa shape index (κ3) is 5.00. The van der Waals surface area contributed by atoms with Crippen LogP contribution < -0.4 is 0 Å². The molecule has 1 aromatic carbocycles. The zero-order chi connectivity index (χ0) is 25.5. The Balaban J connectivity index is 1.31. The molecular weight excluding hydrogens is 476 g/mol. The molecule has 2 aliphatic carbocycles. The first-order chi connectivity index (χ1) is 17.2. The largest absolute Gasteiger partial charge is 0.447 e. The fourth-order valence-electron chi connectivity index (χ4n) is 7.41. The summed E-state index contributed by atoms with van der Waals surface area (Å²) in [6.45, 7) is 6.78. The molecule has 7 heteroatoms. The van der Waals surface area contributed by atoms with Gasteiger partial charge in [-0.05, 0) is 87.3 Å². The van der Waals surface area contributed by atoms with Crippen molar-refractivity contribution in [1.29, 1.82) is 0 Å². The second kappa shape index (κ2) is 10.2. The maximum atomic E-state index is 13.8. The third-order valence-corrected chi connectivity index (χ3v) is 9.92. The normalized spacial score (nSPS) is 30.4. The maximum Gasteiger partial charge on any atom is 0.410 e. The summed E-state index contributed by atoms with van der Waals surface area (Å²) in [5.41, 5.74) is 0.817. The lowest BCUT2D eigenvalue weighted by molar-refractivity contribution is -0.139. The van der Waals surface area contributed by atoms with E-state index in [1.54, 1.807) is 0 Å². The van der Waals surface area contributed by atoms with E-state index in [4.69, 9.17) is 16.3 Å². The summed E-state index contributed by atoms with van der Waals surface area (Å²) >= 11 is 6.09. The molecule has 1 aromatic rings. The number of likely N-dealkylation sites (tertiary alicyclic amines) is 1. The van der Waals surface area contributed by atoms with Crippen LogP contribution in [0.1, 0.15) is 83.1 Å². The zero-order valence-electron chi connectivity index (χ0n) is 21.8. The van der Waals surface area contributed by atoms with E-state index in [2.05, 4.69) is 13.8 Å². The fourth-order valence-corrected chi connectivity index (χ4v) is 7.54. The molecular formula is C29H41ClN2O4. The molecule has 2 heterocycles. The summed E-state index contributed by atoms with van der Waals surface area (Å²) in [6, 6.07) is 7.72. The molecule has 4 aliphatic rings. The second-order valence-corrected chi connectivity index (χ2v) is 12.8. The van der Waals surface area contributed by atoms with E-state index in [0.29, 0.717) is 30.4 Å². The number of hydrogen-bond donors (Lipinski definition) is 1. The quantitative estimate of drug-likeness (QED) is 0.552. The van der Waals surface area contributed by atoms with Crippen molar-refractivity contribution in [3.05, 3.63) is 34.9 Å². The average molecular weight is 517 g/mol. The van der Waals surface area contributed by atoms with E-state index in [1.807, 2.05) is 34.1 Å². The topological polar surface area (TPSA) is 70.1 Å². The summed E-state index contributed by atoms with van der Waals surface area (Å²) in [5, 5.41) is 11.2. The molecule has 2 aliphatic heterocycles. The van der Waals surface area contributed by atoms with Crippen LogP contribution in [-0.4, -0.2) is 64.8 Å². The Morgan fingerprint density at radius 2 is 1.75 bits per heavy atom. The molecule has 1 N–H and O–H groups in total. The summed E-state index contributed by atoms with van der Waals surface area (Å²) in [5.74, 6) is 0.582. The molecule has 6 nitrogen and oxygen atoms in total. The van der Waals surface area contributed by atoms with E-state index < -0.39 is 6.10 Å². The van der Waals surface area contributed by atoms with Crippen molar-refractivity contribution < 1.29 is 19.4 Å². The van der Waals surface area contributed by atoms with Crippen molar-refractivity contribution in [2.45, 2.75) is 89.2 Å². The first-order valence-corrected chi connectivity index (χ1v) is 14.2. The van der Waals surface area contributed by atoms with Crippen molar-refractivity contribution in [3.8, 4) is 0 Å². The number of nitrogens with zero attached hydrogens (tertiary/aromatic N) is 2. The molecule has 0 unspecified atom stereocenters. The van der Waals surface area contributed by atoms with Crippen LogP contribution >= 0.6 is 11.6 Å². The number of rotatable bonds is 5. The Kier molecular flexibility index (Phi) is 7.30. The Bertz CT molecular complexity index is 951. The van der Waals surface area contributed by atoms with Gasteiger partial charge >= 0.3 is 6.09 Å². The van der Waals surface area contributed by atoms with Crippen molar-refractivity contribution >= 4 is 23.6 Å². The Hall–Kier alpha value is -1.79. The SMILES string of the molecule is CC1(C)COC(=O)N1CC1(C2CCCCC2)CCN(C(=O)[C@@H]2C[C@@H](O)C[C@@H]2c2ccc(Cl)cc2)CC1. The molecule has 2 amide bonds. The fraction of sp³-hybridized carbons (Fsp3) is 0.724. The lowest BCUT2D eigenvalue weighted by Crippen LogP contribution is -2.55. The molecule has 2 saturated heterocycles. The van der Waals surface area contributed by atoms with E-state index in [0.717, 1.165) is 38.0 Å². The second-order valence-electron chi connectivity index (χ2n) is 12.4. The van der Waals surface area contributed by atoms with Crippen molar-refractivity contribution in [2.24, 2.45) is 17.3 Å². The summed E-state index contributed by atoms with van der Waals surface area (Å²) in [6.07, 6.45) is 8.56. The highest BCUT2D eigenvalue weighted by Gasteiger charge is 2.50. The van der Waals surface area contributed by atoms with Gasteiger partial charge in [-0.2, -0.15) is 0 Å². The van der Waals surface area contributed by atoms with Crippen LogP contribution in [0, 0.1) is 17.3 Å². The minimum atomic E-state index is -0.450. The number of hydrogen-bond acceptors (Lipinski definition) is 4. The zero-order valence-corrected chi connectivity index (χ0v) is 22.5. The summed E-state index contributed by atoms with van der Waals surface area (Å²) in [7, 11) is 0. The molecule has 4 fully saturated rings. The number of aliphatic hydroxyl groups excluding tert-OH is 1. The lowest BCUT2D eigenvalue weighted by atomic mass is 9.63. The molecule has 5 rings (SSSR count). The number of ether oxygens (including phenoxy) is 1. The van der Waals surface area contributed by atoms with Gasteiger partial charge in [0.1, 0.15) is 6.61 Å². The number of aliphatic hydroxyl groups is 1. The van der Waals surface area contributed by atoms with Gasteiger partial charge in [0.15, 0.2) is 0 Å². The minimum absolute atomic E-state index is 0.0231. The van der Waals surface area contributed by atoms with Crippen LogP contribution in [0.15, 0.2) is 24.3 Å². The number of piperidine rings is 1. The minimum Gasteiger partial charge on any atom is -0.447 e. The Morgan fingerprint density at radius 3 is 2.36 bits per heavy atom. The number of cyclic esters (lactones) is 1. The average Bonchev–Trinajstić information content (AvgIpc) is 3.39. The van der Waals surface area contributed by atoms with Crippen molar-refractivity contribution in [2.75, 3.05) is 26.2 Å². The lowest BCUT2D eigenvalue weighted by Gasteiger charge is -2.51. The van der Waals surface area contributed by atoms with E-state index in [9.17, 15) is 14.7 Å². The van der Waals surface area contributed by atoms with Gasteiger partial charge in [-0.1, -0.05) is 43.0 Å². The highest BCUT2D eigenvalue weighted by molar-refractivity contribution is 6.30. The van der Waals surface area contributed by atoms with Crippen molar-refractivity contribution in [3.63, 3.8) is 0 Å². The number of carbonyl (C=O) groups is 2. The van der Waals surface area contributed by atoms with Crippen LogP contribution in [0.4, 0.5) is 4.79 Å². The molecule has 3 atom stereocenters. The maximum absolute atomic E-state index is 13.8. The first-order valence-electron chi connectivity index (χ1n) is 13.9. The molecule has 2 saturated carbocycles. The molecule has 0 radical (unpaired) electrons. The Morgan fingerprint density at radius 1 is 1.08 bits per heavy atom. The van der Waals surface area contributed by atoms with E-state index in [-0.39, 0.29) is 34.8 Å². The van der Waals surface area contributed by atoms with Gasteiger partial charge in [0.05, 0.1) is 11.6 Å². The number of benzene rings is 1. The highest BCUT2D eigenvalue weighted by atomic mass is 35.5. The molecule has 198 valence electrons. The number of halogens is 1. The van der Waals surface area contributed by atoms with Gasteiger partial charge in [-0.15, -0.1) is 0 Å².